The van der Waals surface area contributed by atoms with Gasteiger partial charge in [0.05, 0.1) is 6.61 Å². The van der Waals surface area contributed by atoms with Crippen LogP contribution in [0.4, 0.5) is 0 Å². The molecule has 0 spiro atoms. The van der Waals surface area contributed by atoms with Gasteiger partial charge in [-0.3, -0.25) is 4.99 Å². The predicted molar refractivity (Wildman–Crippen MR) is 69.3 cm³/mol. The molecule has 0 unspecified atom stereocenters. The summed E-state index contributed by atoms with van der Waals surface area (Å²) in [6.45, 7) is 2.01. The first-order valence-electron chi connectivity index (χ1n) is 5.30. The molecule has 1 rings (SSSR count). The van der Waals surface area contributed by atoms with E-state index in [1.54, 1.807) is 26.4 Å². The molecule has 5 nitrogen and oxygen atoms in total. The van der Waals surface area contributed by atoms with Crippen LogP contribution in [0.15, 0.2) is 23.3 Å². The van der Waals surface area contributed by atoms with Crippen molar-refractivity contribution in [2.45, 2.75) is 6.54 Å². The molecular weight excluding hydrogens is 240 g/mol. The third-order valence-corrected chi connectivity index (χ3v) is 2.29. The van der Waals surface area contributed by atoms with E-state index in [1.807, 2.05) is 6.07 Å². The van der Waals surface area contributed by atoms with Crippen LogP contribution >= 0.6 is 11.6 Å². The molecule has 0 amide bonds. The van der Waals surface area contributed by atoms with E-state index in [1.165, 1.54) is 0 Å². The van der Waals surface area contributed by atoms with Gasteiger partial charge in [-0.15, -0.1) is 0 Å². The molecular formula is C11H17ClN4O. The van der Waals surface area contributed by atoms with Gasteiger partial charge in [-0.2, -0.15) is 0 Å². The molecule has 0 aromatic carbocycles. The molecule has 0 saturated carbocycles. The second kappa shape index (κ2) is 7.86. The van der Waals surface area contributed by atoms with Crippen molar-refractivity contribution in [3.05, 3.63) is 29.0 Å². The van der Waals surface area contributed by atoms with Gasteiger partial charge in [0.25, 0.3) is 0 Å². The number of ether oxygens (including phenoxy) is 1. The topological polar surface area (TPSA) is 58.5 Å². The molecule has 0 aliphatic heterocycles. The van der Waals surface area contributed by atoms with Crippen LogP contribution in [0, 0.1) is 0 Å². The number of methoxy groups -OCH3 is 1. The minimum absolute atomic E-state index is 0.497. The van der Waals surface area contributed by atoms with Crippen LogP contribution in [0.2, 0.25) is 5.15 Å². The van der Waals surface area contributed by atoms with Crippen LogP contribution in [-0.2, 0) is 11.3 Å². The van der Waals surface area contributed by atoms with E-state index in [0.717, 1.165) is 18.1 Å². The Kier molecular flexibility index (Phi) is 6.35. The normalized spacial score (nSPS) is 11.4. The van der Waals surface area contributed by atoms with Crippen LogP contribution in [0.5, 0.6) is 0 Å². The van der Waals surface area contributed by atoms with E-state index in [0.29, 0.717) is 18.3 Å². The first-order chi connectivity index (χ1) is 8.26. The van der Waals surface area contributed by atoms with Gasteiger partial charge in [0.1, 0.15) is 5.15 Å². The van der Waals surface area contributed by atoms with Crippen LogP contribution in [0.3, 0.4) is 0 Å². The first-order valence-corrected chi connectivity index (χ1v) is 5.68. The maximum atomic E-state index is 5.70. The van der Waals surface area contributed by atoms with Crippen molar-refractivity contribution >= 4 is 17.6 Å². The Morgan fingerprint density at radius 2 is 2.29 bits per heavy atom. The Morgan fingerprint density at radius 1 is 1.47 bits per heavy atom. The number of aromatic nitrogens is 1. The second-order valence-electron chi connectivity index (χ2n) is 3.33. The van der Waals surface area contributed by atoms with Gasteiger partial charge in [-0.25, -0.2) is 4.98 Å². The Balaban J connectivity index is 2.35. The fourth-order valence-electron chi connectivity index (χ4n) is 1.19. The molecule has 0 aliphatic rings. The van der Waals surface area contributed by atoms with Crippen molar-refractivity contribution in [2.75, 3.05) is 27.3 Å². The summed E-state index contributed by atoms with van der Waals surface area (Å²) >= 11 is 5.70. The van der Waals surface area contributed by atoms with E-state index >= 15 is 0 Å². The van der Waals surface area contributed by atoms with Crippen molar-refractivity contribution in [1.29, 1.82) is 0 Å². The summed E-state index contributed by atoms with van der Waals surface area (Å²) in [5, 5.41) is 6.78. The summed E-state index contributed by atoms with van der Waals surface area (Å²) < 4.78 is 4.94. The average Bonchev–Trinajstić information content (AvgIpc) is 2.35. The van der Waals surface area contributed by atoms with Crippen molar-refractivity contribution < 1.29 is 4.74 Å². The van der Waals surface area contributed by atoms with Crippen molar-refractivity contribution in [1.82, 2.24) is 15.6 Å². The largest absolute Gasteiger partial charge is 0.383 e. The van der Waals surface area contributed by atoms with Crippen molar-refractivity contribution in [2.24, 2.45) is 4.99 Å². The van der Waals surface area contributed by atoms with Crippen molar-refractivity contribution in [3.8, 4) is 0 Å². The lowest BCUT2D eigenvalue weighted by Crippen LogP contribution is -2.38. The lowest BCUT2D eigenvalue weighted by molar-refractivity contribution is 0.203. The number of rotatable bonds is 5. The van der Waals surface area contributed by atoms with Gasteiger partial charge in [0.2, 0.25) is 0 Å². The van der Waals surface area contributed by atoms with Gasteiger partial charge in [-0.05, 0) is 11.6 Å². The van der Waals surface area contributed by atoms with Gasteiger partial charge >= 0.3 is 0 Å². The number of halogens is 1. The maximum Gasteiger partial charge on any atom is 0.191 e. The number of nitrogens with zero attached hydrogens (tertiary/aromatic N) is 2. The summed E-state index contributed by atoms with van der Waals surface area (Å²) in [7, 11) is 3.39. The number of pyridine rings is 1. The zero-order valence-corrected chi connectivity index (χ0v) is 10.8. The SMILES string of the molecule is CN=C(NCCOC)NCc1ccc(Cl)nc1. The monoisotopic (exact) mass is 256 g/mol. The summed E-state index contributed by atoms with van der Waals surface area (Å²) in [5.74, 6) is 0.733. The maximum absolute atomic E-state index is 5.70. The highest BCUT2D eigenvalue weighted by Gasteiger charge is 1.98. The van der Waals surface area contributed by atoms with E-state index in [-0.39, 0.29) is 0 Å². The molecule has 0 bridgehead atoms. The van der Waals surface area contributed by atoms with E-state index < -0.39 is 0 Å². The highest BCUT2D eigenvalue weighted by molar-refractivity contribution is 6.29. The number of hydrogen-bond donors (Lipinski definition) is 2. The summed E-state index contributed by atoms with van der Waals surface area (Å²) in [6, 6.07) is 3.68. The summed E-state index contributed by atoms with van der Waals surface area (Å²) in [6.07, 6.45) is 1.73. The molecule has 1 aromatic heterocycles. The molecule has 0 saturated heterocycles. The van der Waals surface area contributed by atoms with Gasteiger partial charge in [0, 0.05) is 33.4 Å². The number of hydrogen-bond acceptors (Lipinski definition) is 3. The van der Waals surface area contributed by atoms with Crippen LogP contribution in [0.1, 0.15) is 5.56 Å². The molecule has 0 atom stereocenters. The molecule has 0 radical (unpaired) electrons. The molecule has 0 aliphatic carbocycles. The van der Waals surface area contributed by atoms with Crippen LogP contribution < -0.4 is 10.6 Å². The Bertz CT molecular complexity index is 353. The fourth-order valence-corrected chi connectivity index (χ4v) is 1.30. The summed E-state index contributed by atoms with van der Waals surface area (Å²) in [4.78, 5) is 8.09. The Morgan fingerprint density at radius 3 is 2.88 bits per heavy atom. The lowest BCUT2D eigenvalue weighted by Gasteiger charge is -2.11. The Labute approximate surface area is 106 Å². The fraction of sp³-hybridized carbons (Fsp3) is 0.455. The minimum Gasteiger partial charge on any atom is -0.383 e. The number of aliphatic imine (C=N–C) groups is 1. The van der Waals surface area contributed by atoms with Gasteiger partial charge in [-0.1, -0.05) is 17.7 Å². The third-order valence-electron chi connectivity index (χ3n) is 2.07. The average molecular weight is 257 g/mol. The van der Waals surface area contributed by atoms with Gasteiger partial charge in [0.15, 0.2) is 5.96 Å². The summed E-state index contributed by atoms with van der Waals surface area (Å²) in [5.41, 5.74) is 1.05. The Hall–Kier alpha value is -1.33. The lowest BCUT2D eigenvalue weighted by atomic mass is 10.3. The predicted octanol–water partition coefficient (Wildman–Crippen LogP) is 1.05. The highest BCUT2D eigenvalue weighted by Crippen LogP contribution is 2.04. The molecule has 94 valence electrons. The van der Waals surface area contributed by atoms with Crippen LogP contribution in [0.25, 0.3) is 0 Å². The molecule has 17 heavy (non-hydrogen) atoms. The van der Waals surface area contributed by atoms with E-state index in [9.17, 15) is 0 Å². The smallest absolute Gasteiger partial charge is 0.191 e. The van der Waals surface area contributed by atoms with Gasteiger partial charge < -0.3 is 15.4 Å². The number of nitrogens with one attached hydrogen (secondary N) is 2. The highest BCUT2D eigenvalue weighted by atomic mass is 35.5. The molecule has 0 fully saturated rings. The first kappa shape index (κ1) is 13.7. The number of guanidine groups is 1. The van der Waals surface area contributed by atoms with Crippen LogP contribution in [-0.4, -0.2) is 38.3 Å². The molecule has 1 aromatic rings. The molecule has 1 heterocycles. The zero-order chi connectivity index (χ0) is 12.5. The zero-order valence-electron chi connectivity index (χ0n) is 10.0. The quantitative estimate of drug-likeness (QED) is 0.358. The minimum atomic E-state index is 0.497. The standard InChI is InChI=1S/C11H17ClN4O/c1-13-11(14-5-6-17-2)16-8-9-3-4-10(12)15-7-9/h3-4,7H,5-6,8H2,1-2H3,(H2,13,14,16). The molecule has 2 N–H and O–H groups in total. The van der Waals surface area contributed by atoms with Crippen molar-refractivity contribution in [3.63, 3.8) is 0 Å². The van der Waals surface area contributed by atoms with E-state index in [2.05, 4.69) is 20.6 Å². The van der Waals surface area contributed by atoms with E-state index in [4.69, 9.17) is 16.3 Å². The third kappa shape index (κ3) is 5.51. The second-order valence-corrected chi connectivity index (χ2v) is 3.72. The molecule has 6 heteroatoms.